The summed E-state index contributed by atoms with van der Waals surface area (Å²) in [6.45, 7) is 3.97. The van der Waals surface area contributed by atoms with E-state index in [-0.39, 0.29) is 5.75 Å². The van der Waals surface area contributed by atoms with E-state index in [1.54, 1.807) is 12.1 Å². The first-order chi connectivity index (χ1) is 7.01. The molecule has 0 amide bonds. The summed E-state index contributed by atoms with van der Waals surface area (Å²) in [5.41, 5.74) is 0.552. The Hall–Kier alpha value is -1.65. The molecule has 0 aliphatic heterocycles. The highest BCUT2D eigenvalue weighted by atomic mass is 19.4. The van der Waals surface area contributed by atoms with Gasteiger partial charge in [0.2, 0.25) is 0 Å². The highest BCUT2D eigenvalue weighted by Gasteiger charge is 2.31. The Morgan fingerprint density at radius 3 is 2.73 bits per heavy atom. The van der Waals surface area contributed by atoms with Crippen LogP contribution in [0.25, 0.3) is 0 Å². The minimum atomic E-state index is -4.66. The molecule has 82 valence electrons. The second-order valence-electron chi connectivity index (χ2n) is 2.75. The van der Waals surface area contributed by atoms with Crippen LogP contribution < -0.4 is 10.1 Å². The third-order valence-corrected chi connectivity index (χ3v) is 1.52. The molecule has 0 aliphatic carbocycles. The second-order valence-corrected chi connectivity index (χ2v) is 2.75. The van der Waals surface area contributed by atoms with Crippen LogP contribution in [0.4, 0.5) is 18.9 Å². The first-order valence-electron chi connectivity index (χ1n) is 4.22. The van der Waals surface area contributed by atoms with Gasteiger partial charge in [-0.05, 0) is 12.1 Å². The molecule has 0 atom stereocenters. The Kier molecular flexibility index (Phi) is 3.60. The molecule has 0 saturated heterocycles. The lowest BCUT2D eigenvalue weighted by Gasteiger charge is -2.10. The Balaban J connectivity index is 2.69. The number of benzene rings is 1. The molecule has 0 unspecified atom stereocenters. The summed E-state index contributed by atoms with van der Waals surface area (Å²) < 4.78 is 39.4. The molecule has 0 saturated carbocycles. The molecule has 0 radical (unpaired) electrons. The van der Waals surface area contributed by atoms with Gasteiger partial charge in [-0.25, -0.2) is 0 Å². The van der Waals surface area contributed by atoms with Crippen molar-refractivity contribution in [1.82, 2.24) is 0 Å². The van der Waals surface area contributed by atoms with Gasteiger partial charge in [0.1, 0.15) is 5.75 Å². The molecule has 0 spiro atoms. The summed E-state index contributed by atoms with van der Waals surface area (Å²) in [6, 6.07) is 5.64. The quantitative estimate of drug-likeness (QED) is 0.782. The molecule has 1 aromatic rings. The Bertz CT molecular complexity index is 336. The van der Waals surface area contributed by atoms with Crippen LogP contribution in [0, 0.1) is 0 Å². The molecule has 5 heteroatoms. The van der Waals surface area contributed by atoms with E-state index in [1.807, 2.05) is 0 Å². The predicted octanol–water partition coefficient (Wildman–Crippen LogP) is 3.18. The van der Waals surface area contributed by atoms with Crippen molar-refractivity contribution in [2.75, 3.05) is 11.9 Å². The Labute approximate surface area is 85.4 Å². The average molecular weight is 217 g/mol. The van der Waals surface area contributed by atoms with Gasteiger partial charge in [0, 0.05) is 18.3 Å². The van der Waals surface area contributed by atoms with Crippen LogP contribution in [0.1, 0.15) is 0 Å². The van der Waals surface area contributed by atoms with Gasteiger partial charge in [0.05, 0.1) is 0 Å². The fourth-order valence-corrected chi connectivity index (χ4v) is 0.993. The fourth-order valence-electron chi connectivity index (χ4n) is 0.993. The van der Waals surface area contributed by atoms with Crippen LogP contribution in [0.5, 0.6) is 5.75 Å². The van der Waals surface area contributed by atoms with Crippen LogP contribution in [-0.2, 0) is 0 Å². The van der Waals surface area contributed by atoms with Gasteiger partial charge in [-0.1, -0.05) is 12.1 Å². The van der Waals surface area contributed by atoms with Gasteiger partial charge in [0.15, 0.2) is 0 Å². The zero-order valence-electron chi connectivity index (χ0n) is 7.84. The van der Waals surface area contributed by atoms with E-state index in [1.165, 1.54) is 18.2 Å². The van der Waals surface area contributed by atoms with Crippen molar-refractivity contribution in [2.45, 2.75) is 6.36 Å². The molecular formula is C10H10F3NO. The van der Waals surface area contributed by atoms with E-state index in [2.05, 4.69) is 16.6 Å². The lowest BCUT2D eigenvalue weighted by atomic mass is 10.3. The summed E-state index contributed by atoms with van der Waals surface area (Å²) in [4.78, 5) is 0. The largest absolute Gasteiger partial charge is 0.573 e. The van der Waals surface area contributed by atoms with Gasteiger partial charge in [-0.15, -0.1) is 19.8 Å². The first-order valence-corrected chi connectivity index (χ1v) is 4.22. The predicted molar refractivity (Wildman–Crippen MR) is 51.8 cm³/mol. The maximum absolute atomic E-state index is 11.9. The summed E-state index contributed by atoms with van der Waals surface area (Å²) in [6.07, 6.45) is -3.05. The molecule has 0 bridgehead atoms. The van der Waals surface area contributed by atoms with E-state index in [4.69, 9.17) is 0 Å². The number of rotatable bonds is 4. The van der Waals surface area contributed by atoms with Crippen LogP contribution in [0.2, 0.25) is 0 Å². The summed E-state index contributed by atoms with van der Waals surface area (Å²) in [7, 11) is 0. The smallest absolute Gasteiger partial charge is 0.406 e. The van der Waals surface area contributed by atoms with Crippen LogP contribution in [0.15, 0.2) is 36.9 Å². The van der Waals surface area contributed by atoms with Crippen molar-refractivity contribution in [3.63, 3.8) is 0 Å². The van der Waals surface area contributed by atoms with E-state index in [0.29, 0.717) is 12.2 Å². The number of nitrogens with one attached hydrogen (secondary N) is 1. The number of alkyl halides is 3. The van der Waals surface area contributed by atoms with E-state index < -0.39 is 6.36 Å². The van der Waals surface area contributed by atoms with Crippen molar-refractivity contribution in [3.8, 4) is 5.75 Å². The standard InChI is InChI=1S/C10H10F3NO/c1-2-6-14-8-4-3-5-9(7-8)15-10(11,12)13/h2-5,7,14H,1,6H2. The SMILES string of the molecule is C=CCNc1cccc(OC(F)(F)F)c1. The topological polar surface area (TPSA) is 21.3 Å². The van der Waals surface area contributed by atoms with Crippen molar-refractivity contribution >= 4 is 5.69 Å². The Morgan fingerprint density at radius 1 is 1.40 bits per heavy atom. The second kappa shape index (κ2) is 4.72. The molecule has 0 heterocycles. The van der Waals surface area contributed by atoms with Crippen LogP contribution in [0.3, 0.4) is 0 Å². The van der Waals surface area contributed by atoms with Gasteiger partial charge in [-0.3, -0.25) is 0 Å². The number of anilines is 1. The van der Waals surface area contributed by atoms with Gasteiger partial charge in [0.25, 0.3) is 0 Å². The fraction of sp³-hybridized carbons (Fsp3) is 0.200. The maximum atomic E-state index is 11.9. The lowest BCUT2D eigenvalue weighted by Crippen LogP contribution is -2.17. The van der Waals surface area contributed by atoms with Crippen molar-refractivity contribution in [1.29, 1.82) is 0 Å². The molecule has 1 rings (SSSR count). The van der Waals surface area contributed by atoms with Crippen LogP contribution >= 0.6 is 0 Å². The van der Waals surface area contributed by atoms with Gasteiger partial charge in [-0.2, -0.15) is 0 Å². The minimum absolute atomic E-state index is 0.239. The molecule has 0 fully saturated rings. The summed E-state index contributed by atoms with van der Waals surface area (Å²) in [5.74, 6) is -0.239. The van der Waals surface area contributed by atoms with Crippen molar-refractivity contribution in [2.24, 2.45) is 0 Å². The lowest BCUT2D eigenvalue weighted by molar-refractivity contribution is -0.274. The van der Waals surface area contributed by atoms with Gasteiger partial charge < -0.3 is 10.1 Å². The minimum Gasteiger partial charge on any atom is -0.406 e. The zero-order valence-corrected chi connectivity index (χ0v) is 7.84. The third-order valence-electron chi connectivity index (χ3n) is 1.52. The van der Waals surface area contributed by atoms with Crippen molar-refractivity contribution < 1.29 is 17.9 Å². The molecule has 1 N–H and O–H groups in total. The van der Waals surface area contributed by atoms with Crippen molar-refractivity contribution in [3.05, 3.63) is 36.9 Å². The average Bonchev–Trinajstić information content (AvgIpc) is 2.12. The van der Waals surface area contributed by atoms with E-state index in [9.17, 15) is 13.2 Å². The van der Waals surface area contributed by atoms with E-state index in [0.717, 1.165) is 0 Å². The molecule has 2 nitrogen and oxygen atoms in total. The number of hydrogen-bond donors (Lipinski definition) is 1. The number of ether oxygens (including phenoxy) is 1. The summed E-state index contributed by atoms with van der Waals surface area (Å²) in [5, 5.41) is 2.86. The number of hydrogen-bond acceptors (Lipinski definition) is 2. The molecule has 1 aromatic carbocycles. The maximum Gasteiger partial charge on any atom is 0.573 e. The molecular weight excluding hydrogens is 207 g/mol. The Morgan fingerprint density at radius 2 is 2.13 bits per heavy atom. The summed E-state index contributed by atoms with van der Waals surface area (Å²) >= 11 is 0. The normalized spacial score (nSPS) is 10.9. The monoisotopic (exact) mass is 217 g/mol. The third kappa shape index (κ3) is 4.39. The molecule has 15 heavy (non-hydrogen) atoms. The molecule has 0 aliphatic rings. The highest BCUT2D eigenvalue weighted by molar-refractivity contribution is 5.48. The highest BCUT2D eigenvalue weighted by Crippen LogP contribution is 2.24. The van der Waals surface area contributed by atoms with E-state index >= 15 is 0 Å². The first kappa shape index (κ1) is 11.4. The van der Waals surface area contributed by atoms with Gasteiger partial charge >= 0.3 is 6.36 Å². The zero-order chi connectivity index (χ0) is 11.3. The van der Waals surface area contributed by atoms with Crippen LogP contribution in [-0.4, -0.2) is 12.9 Å². The molecule has 0 aromatic heterocycles. The number of halogens is 3.